The van der Waals surface area contributed by atoms with Gasteiger partial charge in [-0.2, -0.15) is 11.8 Å². The molecule has 0 bridgehead atoms. The monoisotopic (exact) mass is 434 g/mol. The van der Waals surface area contributed by atoms with Crippen LogP contribution in [0.5, 0.6) is 0 Å². The van der Waals surface area contributed by atoms with E-state index >= 15 is 0 Å². The van der Waals surface area contributed by atoms with E-state index in [1.807, 2.05) is 18.2 Å². The number of thioether (sulfide) groups is 1. The molecule has 1 heterocycles. The minimum atomic E-state index is 0.635. The molecule has 1 saturated heterocycles. The Kier molecular flexibility index (Phi) is 12.1. The van der Waals surface area contributed by atoms with E-state index in [0.29, 0.717) is 5.25 Å². The SMILES string of the molecule is C/C=C(\c1cccc(Cl)c1C)C1CCCC(C)S1.C=C(S)C/C=C\C(=C)CC. The number of allylic oxidation sites excluding steroid dienone is 5. The van der Waals surface area contributed by atoms with Crippen LogP contribution in [0.15, 0.2) is 60.1 Å². The summed E-state index contributed by atoms with van der Waals surface area (Å²) in [6.07, 6.45) is 12.2. The van der Waals surface area contributed by atoms with E-state index in [0.717, 1.165) is 33.6 Å². The van der Waals surface area contributed by atoms with Gasteiger partial charge in [0.1, 0.15) is 0 Å². The van der Waals surface area contributed by atoms with Crippen molar-refractivity contribution in [3.05, 3.63) is 76.2 Å². The fraction of sp³-hybridized carbons (Fsp3) is 0.440. The predicted octanol–water partition coefficient (Wildman–Crippen LogP) is 9.07. The molecule has 0 radical (unpaired) electrons. The zero-order valence-corrected chi connectivity index (χ0v) is 20.3. The fourth-order valence-corrected chi connectivity index (χ4v) is 5.01. The first-order chi connectivity index (χ1) is 13.3. The lowest BCUT2D eigenvalue weighted by molar-refractivity contribution is 0.664. The van der Waals surface area contributed by atoms with Crippen molar-refractivity contribution in [1.82, 2.24) is 0 Å². The maximum atomic E-state index is 6.25. The number of hydrogen-bond donors (Lipinski definition) is 1. The summed E-state index contributed by atoms with van der Waals surface area (Å²) in [5.74, 6) is 0. The Hall–Kier alpha value is -0.830. The first kappa shape index (κ1) is 25.2. The molecular weight excluding hydrogens is 400 g/mol. The average Bonchev–Trinajstić information content (AvgIpc) is 2.66. The van der Waals surface area contributed by atoms with Gasteiger partial charge in [-0.1, -0.05) is 81.0 Å². The number of benzene rings is 1. The van der Waals surface area contributed by atoms with Gasteiger partial charge in [-0.3, -0.25) is 0 Å². The van der Waals surface area contributed by atoms with Crippen LogP contribution in [0.2, 0.25) is 5.02 Å². The van der Waals surface area contributed by atoms with E-state index in [2.05, 4.69) is 83.5 Å². The highest BCUT2D eigenvalue weighted by Gasteiger charge is 2.24. The third kappa shape index (κ3) is 8.68. The van der Waals surface area contributed by atoms with Gasteiger partial charge in [-0.25, -0.2) is 0 Å². The van der Waals surface area contributed by atoms with Crippen molar-refractivity contribution in [2.45, 2.75) is 70.3 Å². The fourth-order valence-electron chi connectivity index (χ4n) is 3.15. The molecule has 28 heavy (non-hydrogen) atoms. The first-order valence-electron chi connectivity index (χ1n) is 10.1. The van der Waals surface area contributed by atoms with Gasteiger partial charge in [-0.05, 0) is 67.2 Å². The van der Waals surface area contributed by atoms with Crippen LogP contribution in [0.4, 0.5) is 0 Å². The maximum Gasteiger partial charge on any atom is 0.0441 e. The third-order valence-corrected chi connectivity index (χ3v) is 6.98. The normalized spacial score (nSPS) is 19.9. The van der Waals surface area contributed by atoms with Gasteiger partial charge in [0.2, 0.25) is 0 Å². The van der Waals surface area contributed by atoms with Crippen LogP contribution in [-0.4, -0.2) is 10.5 Å². The maximum absolute atomic E-state index is 6.25. The lowest BCUT2D eigenvalue weighted by Gasteiger charge is -2.29. The molecule has 0 N–H and O–H groups in total. The molecule has 0 aromatic heterocycles. The number of rotatable bonds is 6. The molecule has 0 nitrogen and oxygen atoms in total. The Labute approximate surface area is 187 Å². The standard InChI is InChI=1S/C16H21ClS.C9H14S/c1-4-13(16-10-5-7-11(2)18-16)14-8-6-9-15(17)12(14)3;1-4-8(2)6-5-7-9(3)10/h4,6,8-9,11,16H,5,7,10H2,1-3H3;5-6,10H,2-4,7H2,1H3/b13-4+;6-5-. The Morgan fingerprint density at radius 2 is 2.04 bits per heavy atom. The van der Waals surface area contributed by atoms with Crippen LogP contribution < -0.4 is 0 Å². The van der Waals surface area contributed by atoms with Gasteiger partial charge in [0.05, 0.1) is 0 Å². The van der Waals surface area contributed by atoms with Crippen LogP contribution in [0, 0.1) is 6.92 Å². The van der Waals surface area contributed by atoms with Crippen molar-refractivity contribution in [2.75, 3.05) is 0 Å². The van der Waals surface area contributed by atoms with Gasteiger partial charge >= 0.3 is 0 Å². The molecule has 2 atom stereocenters. The van der Waals surface area contributed by atoms with Crippen molar-refractivity contribution in [3.8, 4) is 0 Å². The van der Waals surface area contributed by atoms with Crippen LogP contribution in [0.25, 0.3) is 5.57 Å². The zero-order chi connectivity index (χ0) is 21.1. The smallest absolute Gasteiger partial charge is 0.0441 e. The molecule has 0 aliphatic carbocycles. The molecule has 2 rings (SSSR count). The van der Waals surface area contributed by atoms with E-state index in [4.69, 9.17) is 11.6 Å². The highest BCUT2D eigenvalue weighted by molar-refractivity contribution is 8.01. The van der Waals surface area contributed by atoms with Gasteiger partial charge < -0.3 is 0 Å². The second-order valence-corrected chi connectivity index (χ2v) is 9.89. The number of hydrogen-bond acceptors (Lipinski definition) is 2. The highest BCUT2D eigenvalue weighted by atomic mass is 35.5. The average molecular weight is 435 g/mol. The van der Waals surface area contributed by atoms with Crippen LogP contribution in [0.1, 0.15) is 64.0 Å². The van der Waals surface area contributed by atoms with Gasteiger partial charge in [0.15, 0.2) is 0 Å². The molecule has 1 aliphatic heterocycles. The second kappa shape index (κ2) is 13.4. The van der Waals surface area contributed by atoms with Gasteiger partial charge in [0.25, 0.3) is 0 Å². The van der Waals surface area contributed by atoms with Crippen molar-refractivity contribution in [2.24, 2.45) is 0 Å². The lowest BCUT2D eigenvalue weighted by Crippen LogP contribution is -2.17. The van der Waals surface area contributed by atoms with E-state index in [1.54, 1.807) is 0 Å². The van der Waals surface area contributed by atoms with E-state index in [-0.39, 0.29) is 0 Å². The second-order valence-electron chi connectivity index (χ2n) is 7.21. The molecule has 1 aliphatic rings. The lowest BCUT2D eigenvalue weighted by atomic mass is 9.94. The Bertz CT molecular complexity index is 715. The van der Waals surface area contributed by atoms with E-state index in [1.165, 1.54) is 36.0 Å². The van der Waals surface area contributed by atoms with Crippen molar-refractivity contribution in [3.63, 3.8) is 0 Å². The van der Waals surface area contributed by atoms with E-state index in [9.17, 15) is 0 Å². The predicted molar refractivity (Wildman–Crippen MR) is 136 cm³/mol. The number of thiol groups is 1. The summed E-state index contributed by atoms with van der Waals surface area (Å²) >= 11 is 12.4. The summed E-state index contributed by atoms with van der Waals surface area (Å²) in [7, 11) is 0. The van der Waals surface area contributed by atoms with Gasteiger partial charge in [0, 0.05) is 15.5 Å². The van der Waals surface area contributed by atoms with Crippen molar-refractivity contribution < 1.29 is 0 Å². The van der Waals surface area contributed by atoms with Crippen molar-refractivity contribution >= 4 is 41.6 Å². The Morgan fingerprint density at radius 3 is 2.61 bits per heavy atom. The molecule has 1 aromatic rings. The molecule has 154 valence electrons. The molecule has 1 fully saturated rings. The first-order valence-corrected chi connectivity index (χ1v) is 11.8. The summed E-state index contributed by atoms with van der Waals surface area (Å²) in [5.41, 5.74) is 5.16. The molecular formula is C25H35ClS2. The molecule has 0 spiro atoms. The summed E-state index contributed by atoms with van der Waals surface area (Å²) in [5, 5.41) is 2.29. The molecule has 2 unspecified atom stereocenters. The van der Waals surface area contributed by atoms with Crippen LogP contribution >= 0.6 is 36.0 Å². The minimum Gasteiger partial charge on any atom is -0.151 e. The van der Waals surface area contributed by atoms with E-state index < -0.39 is 0 Å². The minimum absolute atomic E-state index is 0.635. The van der Waals surface area contributed by atoms with Crippen molar-refractivity contribution in [1.29, 1.82) is 0 Å². The van der Waals surface area contributed by atoms with Crippen LogP contribution in [-0.2, 0) is 0 Å². The summed E-state index contributed by atoms with van der Waals surface area (Å²) in [6.45, 7) is 16.2. The van der Waals surface area contributed by atoms with Crippen LogP contribution in [0.3, 0.4) is 0 Å². The highest BCUT2D eigenvalue weighted by Crippen LogP contribution is 2.40. The molecule has 1 aromatic carbocycles. The third-order valence-electron chi connectivity index (χ3n) is 4.87. The summed E-state index contributed by atoms with van der Waals surface area (Å²) in [4.78, 5) is 0.889. The van der Waals surface area contributed by atoms with Gasteiger partial charge in [-0.15, -0.1) is 12.6 Å². The quantitative estimate of drug-likeness (QED) is 0.344. The topological polar surface area (TPSA) is 0 Å². The Balaban J connectivity index is 0.000000336. The molecule has 0 amide bonds. The summed E-state index contributed by atoms with van der Waals surface area (Å²) in [6, 6.07) is 6.24. The molecule has 3 heteroatoms. The number of halogens is 1. The largest absolute Gasteiger partial charge is 0.151 e. The molecule has 0 saturated carbocycles. The summed E-state index contributed by atoms with van der Waals surface area (Å²) < 4.78 is 0. The zero-order valence-electron chi connectivity index (χ0n) is 17.8. The Morgan fingerprint density at radius 1 is 1.32 bits per heavy atom.